The number of nitrogens with two attached hydrogens (primary N) is 1. The molecule has 0 saturated carbocycles. The van der Waals surface area contributed by atoms with Crippen molar-refractivity contribution in [3.63, 3.8) is 0 Å². The van der Waals surface area contributed by atoms with Gasteiger partial charge < -0.3 is 15.5 Å². The third-order valence-electron chi connectivity index (χ3n) is 3.76. The molecule has 2 heterocycles. The monoisotopic (exact) mass is 354 g/mol. The molecular weight excluding hydrogens is 340 g/mol. The van der Waals surface area contributed by atoms with Gasteiger partial charge in [-0.3, -0.25) is 14.9 Å². The molecule has 0 radical (unpaired) electrons. The Morgan fingerprint density at radius 2 is 2.00 bits per heavy atom. The first kappa shape index (κ1) is 16.4. The maximum Gasteiger partial charge on any atom is 0.270 e. The van der Waals surface area contributed by atoms with Crippen LogP contribution in [0.4, 0.5) is 5.69 Å². The number of nitro benzene ring substituents is 1. The lowest BCUT2D eigenvalue weighted by Gasteiger charge is -2.26. The molecular formula is C13H14N4O6S. The Balaban J connectivity index is 2.27. The smallest absolute Gasteiger partial charge is 0.270 e. The van der Waals surface area contributed by atoms with Crippen molar-refractivity contribution in [1.82, 2.24) is 9.29 Å². The third-order valence-corrected chi connectivity index (χ3v) is 5.74. The molecule has 1 aromatic carbocycles. The lowest BCUT2D eigenvalue weighted by atomic mass is 10.2. The number of nitro groups is 1. The van der Waals surface area contributed by atoms with Crippen LogP contribution in [0.2, 0.25) is 0 Å². The van der Waals surface area contributed by atoms with Gasteiger partial charge in [-0.15, -0.1) is 0 Å². The van der Waals surface area contributed by atoms with Gasteiger partial charge in [-0.05, 0) is 6.07 Å². The molecule has 24 heavy (non-hydrogen) atoms. The third kappa shape index (κ3) is 2.62. The van der Waals surface area contributed by atoms with Gasteiger partial charge in [0.1, 0.15) is 10.6 Å². The van der Waals surface area contributed by atoms with E-state index in [2.05, 4.69) is 4.98 Å². The first-order valence-electron chi connectivity index (χ1n) is 7.00. The minimum Gasteiger partial charge on any atom is -0.379 e. The van der Waals surface area contributed by atoms with Crippen LogP contribution in [0.5, 0.6) is 0 Å². The van der Waals surface area contributed by atoms with Gasteiger partial charge in [-0.1, -0.05) is 0 Å². The van der Waals surface area contributed by atoms with E-state index in [1.807, 2.05) is 0 Å². The number of amides is 1. The van der Waals surface area contributed by atoms with Crippen molar-refractivity contribution < 1.29 is 22.9 Å². The molecule has 2 aromatic rings. The van der Waals surface area contributed by atoms with E-state index >= 15 is 0 Å². The molecule has 0 bridgehead atoms. The summed E-state index contributed by atoms with van der Waals surface area (Å²) >= 11 is 0. The van der Waals surface area contributed by atoms with Crippen molar-refractivity contribution in [2.45, 2.75) is 4.90 Å². The van der Waals surface area contributed by atoms with Crippen molar-refractivity contribution in [2.75, 3.05) is 26.3 Å². The average Bonchev–Trinajstić information content (AvgIpc) is 2.95. The number of carbonyl (C=O) groups is 1. The number of fused-ring (bicyclic) bond motifs is 1. The Kier molecular flexibility index (Phi) is 3.99. The molecule has 1 aliphatic rings. The van der Waals surface area contributed by atoms with E-state index in [4.69, 9.17) is 10.5 Å². The van der Waals surface area contributed by atoms with Crippen molar-refractivity contribution in [3.8, 4) is 0 Å². The largest absolute Gasteiger partial charge is 0.379 e. The van der Waals surface area contributed by atoms with E-state index in [0.29, 0.717) is 0 Å². The molecule has 1 fully saturated rings. The van der Waals surface area contributed by atoms with Gasteiger partial charge in [0.15, 0.2) is 0 Å². The van der Waals surface area contributed by atoms with Gasteiger partial charge in [-0.2, -0.15) is 4.31 Å². The Hall–Kier alpha value is -2.50. The Bertz CT molecular complexity index is 929. The standard InChI is InChI=1S/C13H14N4O6S/c14-13(18)11-12(24(21,22)16-3-5-23-6-4-16)9-7-8(17(19)20)1-2-10(9)15-11/h1-2,7,15H,3-6H2,(H2,14,18). The molecule has 1 saturated heterocycles. The molecule has 128 valence electrons. The van der Waals surface area contributed by atoms with E-state index in [1.165, 1.54) is 16.4 Å². The van der Waals surface area contributed by atoms with Crippen LogP contribution in [0.25, 0.3) is 10.9 Å². The molecule has 3 N–H and O–H groups in total. The number of carbonyl (C=O) groups excluding carboxylic acids is 1. The first-order chi connectivity index (χ1) is 11.3. The Morgan fingerprint density at radius 1 is 1.33 bits per heavy atom. The summed E-state index contributed by atoms with van der Waals surface area (Å²) in [6, 6.07) is 3.68. The molecule has 1 aromatic heterocycles. The number of hydrogen-bond donors (Lipinski definition) is 2. The number of morpholine rings is 1. The predicted molar refractivity (Wildman–Crippen MR) is 83.0 cm³/mol. The molecule has 11 heteroatoms. The van der Waals surface area contributed by atoms with Crippen molar-refractivity contribution in [2.24, 2.45) is 5.73 Å². The van der Waals surface area contributed by atoms with Crippen LogP contribution in [0, 0.1) is 10.1 Å². The number of nitrogens with one attached hydrogen (secondary N) is 1. The number of nitrogens with zero attached hydrogens (tertiary/aromatic N) is 2. The molecule has 1 amide bonds. The number of non-ortho nitro benzene ring substituents is 1. The quantitative estimate of drug-likeness (QED) is 0.591. The summed E-state index contributed by atoms with van der Waals surface area (Å²) in [4.78, 5) is 24.3. The zero-order valence-electron chi connectivity index (χ0n) is 12.4. The molecule has 3 rings (SSSR count). The van der Waals surface area contributed by atoms with Crippen LogP contribution in [-0.2, 0) is 14.8 Å². The van der Waals surface area contributed by atoms with Gasteiger partial charge >= 0.3 is 0 Å². The minimum atomic E-state index is -4.06. The second-order valence-corrected chi connectivity index (χ2v) is 7.07. The van der Waals surface area contributed by atoms with Gasteiger partial charge in [0.25, 0.3) is 11.6 Å². The predicted octanol–water partition coefficient (Wildman–Crippen LogP) is 0.196. The molecule has 10 nitrogen and oxygen atoms in total. The Morgan fingerprint density at radius 3 is 2.58 bits per heavy atom. The zero-order chi connectivity index (χ0) is 17.5. The maximum absolute atomic E-state index is 12.9. The second-order valence-electron chi connectivity index (χ2n) is 5.20. The number of sulfonamides is 1. The van der Waals surface area contributed by atoms with Gasteiger partial charge in [0, 0.05) is 36.1 Å². The number of H-pyrrole nitrogens is 1. The van der Waals surface area contributed by atoms with E-state index < -0.39 is 20.9 Å². The van der Waals surface area contributed by atoms with E-state index in [-0.39, 0.29) is 53.5 Å². The molecule has 0 atom stereocenters. The zero-order valence-corrected chi connectivity index (χ0v) is 13.2. The minimum absolute atomic E-state index is 0.0597. The van der Waals surface area contributed by atoms with E-state index in [1.54, 1.807) is 0 Å². The lowest BCUT2D eigenvalue weighted by Crippen LogP contribution is -2.41. The van der Waals surface area contributed by atoms with E-state index in [0.717, 1.165) is 6.07 Å². The van der Waals surface area contributed by atoms with Crippen LogP contribution in [0.15, 0.2) is 23.1 Å². The molecule has 1 aliphatic heterocycles. The summed E-state index contributed by atoms with van der Waals surface area (Å²) in [5.41, 5.74) is 4.99. The van der Waals surface area contributed by atoms with Crippen LogP contribution >= 0.6 is 0 Å². The maximum atomic E-state index is 12.9. The molecule has 0 aliphatic carbocycles. The fraction of sp³-hybridized carbons (Fsp3) is 0.308. The number of primary amides is 1. The normalized spacial score (nSPS) is 16.3. The highest BCUT2D eigenvalue weighted by molar-refractivity contribution is 7.89. The fourth-order valence-electron chi connectivity index (χ4n) is 2.63. The average molecular weight is 354 g/mol. The Labute approximate surface area is 136 Å². The number of ether oxygens (including phenoxy) is 1. The number of rotatable bonds is 4. The summed E-state index contributed by atoms with van der Waals surface area (Å²) < 4.78 is 32.2. The van der Waals surface area contributed by atoms with Crippen molar-refractivity contribution in [3.05, 3.63) is 34.0 Å². The van der Waals surface area contributed by atoms with Crippen LogP contribution in [0.3, 0.4) is 0 Å². The summed E-state index contributed by atoms with van der Waals surface area (Å²) in [6.07, 6.45) is 0. The van der Waals surface area contributed by atoms with Crippen LogP contribution < -0.4 is 5.73 Å². The van der Waals surface area contributed by atoms with Crippen LogP contribution in [-0.4, -0.2) is 54.8 Å². The van der Waals surface area contributed by atoms with Crippen molar-refractivity contribution >= 4 is 32.5 Å². The topological polar surface area (TPSA) is 149 Å². The summed E-state index contributed by atoms with van der Waals surface area (Å²) in [7, 11) is -4.06. The summed E-state index contributed by atoms with van der Waals surface area (Å²) in [5, 5.41) is 11.0. The summed E-state index contributed by atoms with van der Waals surface area (Å²) in [6.45, 7) is 0.714. The first-order valence-corrected chi connectivity index (χ1v) is 8.44. The van der Waals surface area contributed by atoms with Gasteiger partial charge in [0.05, 0.1) is 18.1 Å². The highest BCUT2D eigenvalue weighted by atomic mass is 32.2. The molecule has 0 spiro atoms. The number of aromatic amines is 1. The van der Waals surface area contributed by atoms with E-state index in [9.17, 15) is 23.3 Å². The highest BCUT2D eigenvalue weighted by Gasteiger charge is 2.34. The number of benzene rings is 1. The summed E-state index contributed by atoms with van der Waals surface area (Å²) in [5.74, 6) is -0.958. The number of aromatic nitrogens is 1. The number of hydrogen-bond acceptors (Lipinski definition) is 6. The molecule has 0 unspecified atom stereocenters. The lowest BCUT2D eigenvalue weighted by molar-refractivity contribution is -0.384. The fourth-order valence-corrected chi connectivity index (χ4v) is 4.37. The van der Waals surface area contributed by atoms with Crippen molar-refractivity contribution in [1.29, 1.82) is 0 Å². The highest BCUT2D eigenvalue weighted by Crippen LogP contribution is 2.32. The second kappa shape index (κ2) is 5.85. The van der Waals surface area contributed by atoms with Gasteiger partial charge in [-0.25, -0.2) is 8.42 Å². The van der Waals surface area contributed by atoms with Crippen LogP contribution in [0.1, 0.15) is 10.5 Å². The van der Waals surface area contributed by atoms with Gasteiger partial charge in [0.2, 0.25) is 10.0 Å². The SMILES string of the molecule is NC(=O)c1[nH]c2ccc([N+](=O)[O-])cc2c1S(=O)(=O)N1CCOCC1.